The van der Waals surface area contributed by atoms with E-state index in [2.05, 4.69) is 11.0 Å². The van der Waals surface area contributed by atoms with E-state index in [1.165, 1.54) is 0 Å². The van der Waals surface area contributed by atoms with E-state index in [1.807, 2.05) is 25.2 Å². The molecule has 1 aromatic rings. The van der Waals surface area contributed by atoms with E-state index in [0.717, 1.165) is 37.2 Å². The third-order valence-corrected chi connectivity index (χ3v) is 3.33. The summed E-state index contributed by atoms with van der Waals surface area (Å²) in [5.74, 6) is 0. The highest BCUT2D eigenvalue weighted by Crippen LogP contribution is 2.22. The lowest BCUT2D eigenvalue weighted by Gasteiger charge is -2.24. The van der Waals surface area contributed by atoms with Gasteiger partial charge in [-0.15, -0.1) is 0 Å². The summed E-state index contributed by atoms with van der Waals surface area (Å²) in [5.41, 5.74) is 8.20. The fourth-order valence-electron chi connectivity index (χ4n) is 2.32. The number of anilines is 1. The van der Waals surface area contributed by atoms with Crippen LogP contribution in [-0.4, -0.2) is 26.3 Å². The lowest BCUT2D eigenvalue weighted by atomic mass is 10.1. The van der Waals surface area contributed by atoms with Crippen LogP contribution in [0.2, 0.25) is 0 Å². The molecule has 1 aliphatic heterocycles. The number of hydrogen-bond acceptors (Lipinski definition) is 4. The van der Waals surface area contributed by atoms with Crippen LogP contribution < -0.4 is 10.6 Å². The number of nitrogens with zero attached hydrogens (tertiary/aromatic N) is 2. The van der Waals surface area contributed by atoms with Crippen molar-refractivity contribution in [3.05, 3.63) is 29.3 Å². The molecule has 0 aliphatic carbocycles. The minimum absolute atomic E-state index is 0.288. The molecular weight excluding hydrogens is 226 g/mol. The van der Waals surface area contributed by atoms with E-state index < -0.39 is 0 Å². The van der Waals surface area contributed by atoms with Crippen molar-refractivity contribution in [1.29, 1.82) is 5.26 Å². The molecule has 0 saturated carbocycles. The number of rotatable bonds is 4. The molecule has 1 atom stereocenters. The molecule has 0 radical (unpaired) electrons. The molecule has 0 bridgehead atoms. The Balaban J connectivity index is 2.13. The molecule has 0 aromatic heterocycles. The summed E-state index contributed by atoms with van der Waals surface area (Å²) >= 11 is 0. The molecule has 4 nitrogen and oxygen atoms in total. The van der Waals surface area contributed by atoms with Crippen LogP contribution in [-0.2, 0) is 11.3 Å². The number of hydrogen-bond donors (Lipinski definition) is 1. The fourth-order valence-corrected chi connectivity index (χ4v) is 2.32. The van der Waals surface area contributed by atoms with Gasteiger partial charge in [0.2, 0.25) is 0 Å². The van der Waals surface area contributed by atoms with Crippen LogP contribution in [0, 0.1) is 11.3 Å². The first-order chi connectivity index (χ1) is 8.74. The van der Waals surface area contributed by atoms with E-state index >= 15 is 0 Å². The molecule has 0 amide bonds. The van der Waals surface area contributed by atoms with Gasteiger partial charge in [-0.2, -0.15) is 5.26 Å². The van der Waals surface area contributed by atoms with Crippen molar-refractivity contribution in [3.8, 4) is 6.07 Å². The highest BCUT2D eigenvalue weighted by atomic mass is 16.5. The van der Waals surface area contributed by atoms with E-state index in [0.29, 0.717) is 12.1 Å². The molecule has 1 fully saturated rings. The fraction of sp³-hybridized carbons (Fsp3) is 0.500. The predicted octanol–water partition coefficient (Wildman–Crippen LogP) is 1.63. The monoisotopic (exact) mass is 245 g/mol. The van der Waals surface area contributed by atoms with Crippen LogP contribution >= 0.6 is 0 Å². The van der Waals surface area contributed by atoms with Gasteiger partial charge < -0.3 is 15.4 Å². The quantitative estimate of drug-likeness (QED) is 0.875. The van der Waals surface area contributed by atoms with Crippen LogP contribution in [0.1, 0.15) is 24.0 Å². The average molecular weight is 245 g/mol. The Kier molecular flexibility index (Phi) is 4.19. The molecule has 1 saturated heterocycles. The molecular formula is C14H19N3O. The summed E-state index contributed by atoms with van der Waals surface area (Å²) in [6, 6.07) is 8.04. The number of nitrogens with two attached hydrogens (primary N) is 1. The third kappa shape index (κ3) is 2.81. The van der Waals surface area contributed by atoms with Crippen LogP contribution in [0.25, 0.3) is 0 Å². The second kappa shape index (κ2) is 5.85. The van der Waals surface area contributed by atoms with Gasteiger partial charge in [0.15, 0.2) is 0 Å². The third-order valence-electron chi connectivity index (χ3n) is 3.33. The zero-order valence-electron chi connectivity index (χ0n) is 10.7. The summed E-state index contributed by atoms with van der Waals surface area (Å²) in [5, 5.41) is 9.20. The molecule has 1 unspecified atom stereocenters. The molecule has 1 aromatic carbocycles. The first-order valence-corrected chi connectivity index (χ1v) is 6.30. The maximum Gasteiger partial charge on any atom is 0.101 e. The maximum absolute atomic E-state index is 9.20. The normalized spacial score (nSPS) is 18.6. The van der Waals surface area contributed by atoms with Crippen molar-refractivity contribution < 1.29 is 4.74 Å². The van der Waals surface area contributed by atoms with E-state index in [4.69, 9.17) is 10.5 Å². The van der Waals surface area contributed by atoms with Crippen LogP contribution in [0.3, 0.4) is 0 Å². The summed E-state index contributed by atoms with van der Waals surface area (Å²) < 4.78 is 5.62. The van der Waals surface area contributed by atoms with Gasteiger partial charge in [-0.3, -0.25) is 0 Å². The van der Waals surface area contributed by atoms with Crippen molar-refractivity contribution in [1.82, 2.24) is 0 Å². The molecule has 2 N–H and O–H groups in total. The van der Waals surface area contributed by atoms with Crippen LogP contribution in [0.15, 0.2) is 18.2 Å². The van der Waals surface area contributed by atoms with E-state index in [1.54, 1.807) is 0 Å². The lowest BCUT2D eigenvalue weighted by molar-refractivity contribution is 0.116. The number of ether oxygens (including phenoxy) is 1. The van der Waals surface area contributed by atoms with Crippen molar-refractivity contribution in [2.24, 2.45) is 5.73 Å². The van der Waals surface area contributed by atoms with Gasteiger partial charge in [-0.05, 0) is 30.5 Å². The number of nitriles is 1. The summed E-state index contributed by atoms with van der Waals surface area (Å²) in [7, 11) is 2.00. The first kappa shape index (κ1) is 12.9. The van der Waals surface area contributed by atoms with Gasteiger partial charge in [0, 0.05) is 26.7 Å². The Morgan fingerprint density at radius 1 is 1.56 bits per heavy atom. The molecule has 1 aliphatic rings. The molecule has 4 heteroatoms. The van der Waals surface area contributed by atoms with Crippen molar-refractivity contribution in [2.75, 3.05) is 25.1 Å². The van der Waals surface area contributed by atoms with Gasteiger partial charge in [-0.1, -0.05) is 6.07 Å². The highest BCUT2D eigenvalue weighted by molar-refractivity contribution is 5.60. The van der Waals surface area contributed by atoms with E-state index in [9.17, 15) is 5.26 Å². The second-order valence-electron chi connectivity index (χ2n) is 4.68. The molecule has 96 valence electrons. The average Bonchev–Trinajstić information content (AvgIpc) is 2.90. The Morgan fingerprint density at radius 2 is 2.39 bits per heavy atom. The number of likely N-dealkylation sites (N-methyl/N-ethyl adjacent to an activating group) is 1. The minimum atomic E-state index is 0.288. The zero-order chi connectivity index (χ0) is 13.0. The molecule has 2 rings (SSSR count). The van der Waals surface area contributed by atoms with Gasteiger partial charge in [0.05, 0.1) is 17.4 Å². The smallest absolute Gasteiger partial charge is 0.101 e. The van der Waals surface area contributed by atoms with Crippen molar-refractivity contribution >= 4 is 5.69 Å². The Bertz CT molecular complexity index is 447. The molecule has 18 heavy (non-hydrogen) atoms. The SMILES string of the molecule is CN(CC1CCCO1)c1ccc(CN)cc1C#N. The lowest BCUT2D eigenvalue weighted by Crippen LogP contribution is -2.29. The second-order valence-corrected chi connectivity index (χ2v) is 4.68. The predicted molar refractivity (Wildman–Crippen MR) is 71.3 cm³/mol. The summed E-state index contributed by atoms with van der Waals surface area (Å²) in [4.78, 5) is 2.09. The summed E-state index contributed by atoms with van der Waals surface area (Å²) in [6.07, 6.45) is 2.53. The van der Waals surface area contributed by atoms with Gasteiger partial charge >= 0.3 is 0 Å². The topological polar surface area (TPSA) is 62.3 Å². The van der Waals surface area contributed by atoms with Crippen molar-refractivity contribution in [3.63, 3.8) is 0 Å². The largest absolute Gasteiger partial charge is 0.376 e. The van der Waals surface area contributed by atoms with Gasteiger partial charge in [-0.25, -0.2) is 0 Å². The number of benzene rings is 1. The summed E-state index contributed by atoms with van der Waals surface area (Å²) in [6.45, 7) is 2.15. The zero-order valence-corrected chi connectivity index (χ0v) is 10.7. The Labute approximate surface area is 108 Å². The standard InChI is InChI=1S/C14H19N3O/c1-17(10-13-3-2-6-18-13)14-5-4-11(8-15)7-12(14)9-16/h4-5,7,13H,2-3,6,8,10,15H2,1H3. The van der Waals surface area contributed by atoms with Crippen LogP contribution in [0.5, 0.6) is 0 Å². The molecule has 0 spiro atoms. The van der Waals surface area contributed by atoms with Gasteiger partial charge in [0.1, 0.15) is 6.07 Å². The Hall–Kier alpha value is -1.57. The van der Waals surface area contributed by atoms with Gasteiger partial charge in [0.25, 0.3) is 0 Å². The minimum Gasteiger partial charge on any atom is -0.376 e. The highest BCUT2D eigenvalue weighted by Gasteiger charge is 2.18. The van der Waals surface area contributed by atoms with Crippen LogP contribution in [0.4, 0.5) is 5.69 Å². The van der Waals surface area contributed by atoms with Crippen molar-refractivity contribution in [2.45, 2.75) is 25.5 Å². The van der Waals surface area contributed by atoms with E-state index in [-0.39, 0.29) is 6.10 Å². The maximum atomic E-state index is 9.20. The Morgan fingerprint density at radius 3 is 3.00 bits per heavy atom. The molecule has 1 heterocycles. The first-order valence-electron chi connectivity index (χ1n) is 6.30.